The zero-order valence-corrected chi connectivity index (χ0v) is 15.5. The summed E-state index contributed by atoms with van der Waals surface area (Å²) in [6.07, 6.45) is 1.13. The molecule has 1 saturated carbocycles. The summed E-state index contributed by atoms with van der Waals surface area (Å²) in [6.45, 7) is 2.70. The van der Waals surface area contributed by atoms with E-state index in [1.807, 2.05) is 0 Å². The lowest BCUT2D eigenvalue weighted by molar-refractivity contribution is -0.194. The van der Waals surface area contributed by atoms with Gasteiger partial charge in [0, 0.05) is 6.42 Å². The molecule has 146 valence electrons. The number of hydrogen-bond donors (Lipinski definition) is 1. The van der Waals surface area contributed by atoms with E-state index in [4.69, 9.17) is 9.47 Å². The summed E-state index contributed by atoms with van der Waals surface area (Å²) in [6, 6.07) is 8.60. The van der Waals surface area contributed by atoms with Crippen LogP contribution in [0.4, 0.5) is 0 Å². The summed E-state index contributed by atoms with van der Waals surface area (Å²) in [5.41, 5.74) is -3.35. The van der Waals surface area contributed by atoms with E-state index in [-0.39, 0.29) is 25.9 Å². The van der Waals surface area contributed by atoms with E-state index in [0.29, 0.717) is 18.4 Å². The smallest absolute Gasteiger partial charge is 0.358 e. The standard InChI is InChI=1S/C20H24O7/c1-3-26-18(25)20(14(2)21,13-15-9-5-4-6-10-15)27-17(24)19(16(22)23)11-7-8-12-19/h4-6,9-10H,3,7-8,11-13H2,1-2H3,(H,22,23). The second-order valence-corrected chi connectivity index (χ2v) is 6.75. The van der Waals surface area contributed by atoms with Crippen molar-refractivity contribution in [1.29, 1.82) is 0 Å². The Bertz CT molecular complexity index is 719. The summed E-state index contributed by atoms with van der Waals surface area (Å²) in [5, 5.41) is 9.60. The second-order valence-electron chi connectivity index (χ2n) is 6.75. The van der Waals surface area contributed by atoms with Gasteiger partial charge < -0.3 is 14.6 Å². The van der Waals surface area contributed by atoms with Crippen LogP contribution in [0.5, 0.6) is 0 Å². The molecular formula is C20H24O7. The first-order valence-corrected chi connectivity index (χ1v) is 8.97. The molecule has 1 aromatic carbocycles. The number of rotatable bonds is 8. The van der Waals surface area contributed by atoms with Gasteiger partial charge in [0.05, 0.1) is 6.61 Å². The Balaban J connectivity index is 2.44. The van der Waals surface area contributed by atoms with E-state index in [0.717, 1.165) is 6.92 Å². The summed E-state index contributed by atoms with van der Waals surface area (Å²) in [5.74, 6) is -4.07. The van der Waals surface area contributed by atoms with Crippen molar-refractivity contribution in [2.75, 3.05) is 6.61 Å². The number of carbonyl (C=O) groups is 4. The van der Waals surface area contributed by atoms with Gasteiger partial charge in [-0.05, 0) is 32.3 Å². The first-order valence-electron chi connectivity index (χ1n) is 8.97. The molecule has 0 saturated heterocycles. The summed E-state index contributed by atoms with van der Waals surface area (Å²) < 4.78 is 10.4. The molecule has 0 bridgehead atoms. The van der Waals surface area contributed by atoms with Crippen molar-refractivity contribution in [3.8, 4) is 0 Å². The van der Waals surface area contributed by atoms with Crippen LogP contribution in [0, 0.1) is 5.41 Å². The lowest BCUT2D eigenvalue weighted by Gasteiger charge is -2.32. The number of Topliss-reactive ketones (excluding diaryl/α,β-unsaturated/α-hetero) is 1. The third kappa shape index (κ3) is 4.02. The van der Waals surface area contributed by atoms with E-state index >= 15 is 0 Å². The largest absolute Gasteiger partial charge is 0.480 e. The van der Waals surface area contributed by atoms with Gasteiger partial charge in [-0.2, -0.15) is 0 Å². The van der Waals surface area contributed by atoms with Gasteiger partial charge in [-0.15, -0.1) is 0 Å². The average Bonchev–Trinajstić information content (AvgIpc) is 3.13. The van der Waals surface area contributed by atoms with Gasteiger partial charge in [-0.3, -0.25) is 14.4 Å². The molecule has 1 aromatic rings. The predicted octanol–water partition coefficient (Wildman–Crippen LogP) is 2.31. The molecule has 1 atom stereocenters. The maximum absolute atomic E-state index is 12.9. The summed E-state index contributed by atoms with van der Waals surface area (Å²) in [7, 11) is 0. The quantitative estimate of drug-likeness (QED) is 0.548. The Labute approximate surface area is 157 Å². The van der Waals surface area contributed by atoms with Crippen molar-refractivity contribution in [1.82, 2.24) is 0 Å². The van der Waals surface area contributed by atoms with Crippen LogP contribution in [0.1, 0.15) is 45.1 Å². The predicted molar refractivity (Wildman–Crippen MR) is 94.8 cm³/mol. The number of benzene rings is 1. The molecule has 1 N–H and O–H groups in total. The van der Waals surface area contributed by atoms with Crippen molar-refractivity contribution in [2.45, 2.75) is 51.6 Å². The molecule has 0 aromatic heterocycles. The van der Waals surface area contributed by atoms with Gasteiger partial charge in [0.15, 0.2) is 11.2 Å². The third-order valence-electron chi connectivity index (χ3n) is 4.99. The number of carbonyl (C=O) groups excluding carboxylic acids is 3. The highest BCUT2D eigenvalue weighted by atomic mass is 16.6. The summed E-state index contributed by atoms with van der Waals surface area (Å²) >= 11 is 0. The Kier molecular flexibility index (Phi) is 6.36. The highest BCUT2D eigenvalue weighted by molar-refractivity contribution is 6.09. The number of esters is 2. The molecule has 0 heterocycles. The number of aliphatic carboxylic acids is 1. The lowest BCUT2D eigenvalue weighted by atomic mass is 9.85. The fraction of sp³-hybridized carbons (Fsp3) is 0.500. The number of carboxylic acids is 1. The van der Waals surface area contributed by atoms with Crippen LogP contribution in [0.2, 0.25) is 0 Å². The zero-order chi connectivity index (χ0) is 20.1. The molecule has 1 unspecified atom stereocenters. The van der Waals surface area contributed by atoms with Gasteiger partial charge in [0.1, 0.15) is 0 Å². The molecule has 1 aliphatic carbocycles. The van der Waals surface area contributed by atoms with Gasteiger partial charge >= 0.3 is 17.9 Å². The van der Waals surface area contributed by atoms with E-state index in [1.165, 1.54) is 0 Å². The Morgan fingerprint density at radius 3 is 2.19 bits per heavy atom. The minimum Gasteiger partial charge on any atom is -0.480 e. The van der Waals surface area contributed by atoms with E-state index in [2.05, 4.69) is 0 Å². The minimum atomic E-state index is -2.21. The molecule has 1 fully saturated rings. The maximum atomic E-state index is 12.9. The Morgan fingerprint density at radius 1 is 1.11 bits per heavy atom. The highest BCUT2D eigenvalue weighted by Crippen LogP contribution is 2.41. The van der Waals surface area contributed by atoms with Crippen LogP contribution < -0.4 is 0 Å². The Hall–Kier alpha value is -2.70. The maximum Gasteiger partial charge on any atom is 0.358 e. The van der Waals surface area contributed by atoms with Crippen molar-refractivity contribution < 1.29 is 33.8 Å². The number of carboxylic acid groups (broad SMARTS) is 1. The van der Waals surface area contributed by atoms with Crippen molar-refractivity contribution in [3.63, 3.8) is 0 Å². The molecule has 2 rings (SSSR count). The Morgan fingerprint density at radius 2 is 1.70 bits per heavy atom. The van der Waals surface area contributed by atoms with Gasteiger partial charge in [-0.25, -0.2) is 4.79 Å². The lowest BCUT2D eigenvalue weighted by Crippen LogP contribution is -2.55. The van der Waals surface area contributed by atoms with Crippen molar-refractivity contribution >= 4 is 23.7 Å². The van der Waals surface area contributed by atoms with Crippen LogP contribution in [0.15, 0.2) is 30.3 Å². The van der Waals surface area contributed by atoms with Crippen LogP contribution >= 0.6 is 0 Å². The molecule has 7 nitrogen and oxygen atoms in total. The molecule has 0 aliphatic heterocycles. The highest BCUT2D eigenvalue weighted by Gasteiger charge is 2.56. The molecular weight excluding hydrogens is 352 g/mol. The normalized spacial score (nSPS) is 17.6. The summed E-state index contributed by atoms with van der Waals surface area (Å²) in [4.78, 5) is 49.8. The van der Waals surface area contributed by atoms with E-state index in [1.54, 1.807) is 37.3 Å². The van der Waals surface area contributed by atoms with Crippen LogP contribution in [0.25, 0.3) is 0 Å². The first-order chi connectivity index (χ1) is 12.8. The van der Waals surface area contributed by atoms with Crippen molar-refractivity contribution in [3.05, 3.63) is 35.9 Å². The second kappa shape index (κ2) is 8.33. The van der Waals surface area contributed by atoms with E-state index in [9.17, 15) is 24.3 Å². The molecule has 7 heteroatoms. The number of ketones is 1. The molecule has 0 spiro atoms. The molecule has 0 radical (unpaired) electrons. The van der Waals surface area contributed by atoms with Gasteiger partial charge in [-0.1, -0.05) is 43.2 Å². The molecule has 27 heavy (non-hydrogen) atoms. The van der Waals surface area contributed by atoms with Crippen LogP contribution in [-0.2, 0) is 35.1 Å². The number of hydrogen-bond acceptors (Lipinski definition) is 6. The van der Waals surface area contributed by atoms with Crippen LogP contribution in [0.3, 0.4) is 0 Å². The fourth-order valence-electron chi connectivity index (χ4n) is 3.36. The topological polar surface area (TPSA) is 107 Å². The molecule has 0 amide bonds. The van der Waals surface area contributed by atoms with Gasteiger partial charge in [0.2, 0.25) is 0 Å². The minimum absolute atomic E-state index is 0.00965. The monoisotopic (exact) mass is 376 g/mol. The SMILES string of the molecule is CCOC(=O)C(Cc1ccccc1)(OC(=O)C1(C(=O)O)CCCC1)C(C)=O. The fourth-order valence-corrected chi connectivity index (χ4v) is 3.36. The van der Waals surface area contributed by atoms with Crippen molar-refractivity contribution in [2.24, 2.45) is 5.41 Å². The van der Waals surface area contributed by atoms with E-state index < -0.39 is 34.7 Å². The zero-order valence-electron chi connectivity index (χ0n) is 15.5. The van der Waals surface area contributed by atoms with Crippen LogP contribution in [-0.4, -0.2) is 41.0 Å². The number of ether oxygens (including phenoxy) is 2. The average molecular weight is 376 g/mol. The van der Waals surface area contributed by atoms with Gasteiger partial charge in [0.25, 0.3) is 5.60 Å². The first kappa shape index (κ1) is 20.6. The third-order valence-corrected chi connectivity index (χ3v) is 4.99. The molecule has 1 aliphatic rings.